The monoisotopic (exact) mass is 291 g/mol. The first-order chi connectivity index (χ1) is 9.54. The van der Waals surface area contributed by atoms with Crippen molar-refractivity contribution in [3.05, 3.63) is 46.0 Å². The van der Waals surface area contributed by atoms with Crippen LogP contribution in [0.25, 0.3) is 0 Å². The van der Waals surface area contributed by atoms with Crippen LogP contribution in [0.4, 0.5) is 17.3 Å². The molecule has 0 radical (unpaired) electrons. The highest BCUT2D eigenvalue weighted by Gasteiger charge is 2.05. The number of hydrogen-bond donors (Lipinski definition) is 2. The lowest BCUT2D eigenvalue weighted by Crippen LogP contribution is -2.00. The zero-order valence-electron chi connectivity index (χ0n) is 10.5. The fourth-order valence-electron chi connectivity index (χ4n) is 1.57. The molecular weight excluding hydrogens is 278 g/mol. The molecule has 0 fully saturated rings. The molecule has 4 N–H and O–H groups in total. The zero-order chi connectivity index (χ0) is 14.5. The molecule has 0 spiro atoms. The number of thioether (sulfide) groups is 1. The summed E-state index contributed by atoms with van der Waals surface area (Å²) in [6.07, 6.45) is 0.751. The van der Waals surface area contributed by atoms with E-state index in [1.54, 1.807) is 12.1 Å². The molecule has 0 unspecified atom stereocenters. The molecule has 0 atom stereocenters. The second-order valence-corrected chi connectivity index (χ2v) is 5.08. The van der Waals surface area contributed by atoms with Gasteiger partial charge in [-0.25, -0.2) is 9.97 Å². The number of aryl methyl sites for hydroxylation is 1. The highest BCUT2D eigenvalue weighted by atomic mass is 32.2. The Morgan fingerprint density at radius 1 is 1.15 bits per heavy atom. The van der Waals surface area contributed by atoms with Crippen molar-refractivity contribution in [2.24, 2.45) is 0 Å². The molecule has 20 heavy (non-hydrogen) atoms. The topological polar surface area (TPSA) is 121 Å². The standard InChI is InChI=1S/C12H13N5O2S/c13-10-7-11(14)16-12(15-10)20-6-5-8-1-3-9(4-2-8)17(18)19/h1-4,7H,5-6H2,(H4,13,14,15,16). The van der Waals surface area contributed by atoms with E-state index in [1.165, 1.54) is 30.0 Å². The molecule has 7 nitrogen and oxygen atoms in total. The summed E-state index contributed by atoms with van der Waals surface area (Å²) in [5, 5.41) is 11.1. The van der Waals surface area contributed by atoms with Crippen molar-refractivity contribution >= 4 is 29.1 Å². The summed E-state index contributed by atoms with van der Waals surface area (Å²) in [6, 6.07) is 7.98. The minimum Gasteiger partial charge on any atom is -0.383 e. The maximum Gasteiger partial charge on any atom is 0.269 e. The summed E-state index contributed by atoms with van der Waals surface area (Å²) in [5.74, 6) is 1.42. The third-order valence-electron chi connectivity index (χ3n) is 2.51. The molecule has 0 amide bonds. The Kier molecular flexibility index (Phi) is 4.36. The number of rotatable bonds is 5. The average molecular weight is 291 g/mol. The van der Waals surface area contributed by atoms with E-state index < -0.39 is 4.92 Å². The van der Waals surface area contributed by atoms with Crippen LogP contribution in [-0.4, -0.2) is 20.6 Å². The van der Waals surface area contributed by atoms with Crippen molar-refractivity contribution in [3.63, 3.8) is 0 Å². The third-order valence-corrected chi connectivity index (χ3v) is 3.36. The van der Waals surface area contributed by atoms with Gasteiger partial charge in [0, 0.05) is 24.0 Å². The summed E-state index contributed by atoms with van der Waals surface area (Å²) in [5.41, 5.74) is 12.3. The van der Waals surface area contributed by atoms with Crippen LogP contribution < -0.4 is 11.5 Å². The van der Waals surface area contributed by atoms with Gasteiger partial charge >= 0.3 is 0 Å². The number of nitrogen functional groups attached to an aromatic ring is 2. The molecule has 0 aliphatic carbocycles. The maximum absolute atomic E-state index is 10.5. The first kappa shape index (κ1) is 14.1. The van der Waals surface area contributed by atoms with E-state index in [0.29, 0.717) is 16.8 Å². The summed E-state index contributed by atoms with van der Waals surface area (Å²) in [6.45, 7) is 0. The average Bonchev–Trinajstić information content (AvgIpc) is 2.38. The lowest BCUT2D eigenvalue weighted by molar-refractivity contribution is -0.384. The second-order valence-electron chi connectivity index (χ2n) is 4.02. The Balaban J connectivity index is 1.90. The SMILES string of the molecule is Nc1cc(N)nc(SCCc2ccc([N+](=O)[O-])cc2)n1. The quantitative estimate of drug-likeness (QED) is 0.373. The van der Waals surface area contributed by atoms with Crippen LogP contribution in [0.15, 0.2) is 35.5 Å². The Hall–Kier alpha value is -2.35. The number of nitro groups is 1. The van der Waals surface area contributed by atoms with E-state index in [4.69, 9.17) is 11.5 Å². The number of benzene rings is 1. The molecule has 0 aliphatic rings. The highest BCUT2D eigenvalue weighted by Crippen LogP contribution is 2.19. The van der Waals surface area contributed by atoms with E-state index >= 15 is 0 Å². The number of anilines is 2. The van der Waals surface area contributed by atoms with Gasteiger partial charge in [-0.15, -0.1) is 0 Å². The van der Waals surface area contributed by atoms with Crippen LogP contribution in [0.2, 0.25) is 0 Å². The first-order valence-electron chi connectivity index (χ1n) is 5.81. The van der Waals surface area contributed by atoms with E-state index in [-0.39, 0.29) is 5.69 Å². The number of nitro benzene ring substituents is 1. The summed E-state index contributed by atoms with van der Waals surface area (Å²) >= 11 is 1.44. The smallest absolute Gasteiger partial charge is 0.269 e. The number of nitrogens with zero attached hydrogens (tertiary/aromatic N) is 3. The molecule has 2 aromatic rings. The molecule has 0 bridgehead atoms. The van der Waals surface area contributed by atoms with Crippen molar-refractivity contribution in [3.8, 4) is 0 Å². The summed E-state index contributed by atoms with van der Waals surface area (Å²) < 4.78 is 0. The van der Waals surface area contributed by atoms with Crippen LogP contribution in [-0.2, 0) is 6.42 Å². The minimum atomic E-state index is -0.415. The molecule has 1 aromatic heterocycles. The normalized spacial score (nSPS) is 10.4. The molecule has 104 valence electrons. The maximum atomic E-state index is 10.5. The molecule has 1 aromatic carbocycles. The van der Waals surface area contributed by atoms with E-state index in [1.807, 2.05) is 0 Å². The number of nitrogens with two attached hydrogens (primary N) is 2. The second kappa shape index (κ2) is 6.20. The van der Waals surface area contributed by atoms with Gasteiger partial charge < -0.3 is 11.5 Å². The van der Waals surface area contributed by atoms with Gasteiger partial charge in [0.1, 0.15) is 11.6 Å². The van der Waals surface area contributed by atoms with Gasteiger partial charge in [0.2, 0.25) is 0 Å². The van der Waals surface area contributed by atoms with E-state index in [0.717, 1.165) is 17.7 Å². The van der Waals surface area contributed by atoms with Crippen LogP contribution in [0.1, 0.15) is 5.56 Å². The van der Waals surface area contributed by atoms with Crippen molar-refractivity contribution < 1.29 is 4.92 Å². The number of aromatic nitrogens is 2. The van der Waals surface area contributed by atoms with Crippen molar-refractivity contribution in [2.45, 2.75) is 11.6 Å². The van der Waals surface area contributed by atoms with Gasteiger partial charge in [-0.3, -0.25) is 10.1 Å². The van der Waals surface area contributed by atoms with Gasteiger partial charge in [0.05, 0.1) is 4.92 Å². The van der Waals surface area contributed by atoms with Crippen molar-refractivity contribution in [1.82, 2.24) is 9.97 Å². The molecule has 1 heterocycles. The summed E-state index contributed by atoms with van der Waals surface area (Å²) in [7, 11) is 0. The zero-order valence-corrected chi connectivity index (χ0v) is 11.3. The molecule has 0 saturated heterocycles. The van der Waals surface area contributed by atoms with Gasteiger partial charge in [-0.1, -0.05) is 23.9 Å². The van der Waals surface area contributed by atoms with Crippen LogP contribution in [0.3, 0.4) is 0 Å². The van der Waals surface area contributed by atoms with Crippen LogP contribution >= 0.6 is 11.8 Å². The third kappa shape index (κ3) is 3.82. The van der Waals surface area contributed by atoms with Gasteiger partial charge in [-0.05, 0) is 12.0 Å². The van der Waals surface area contributed by atoms with Gasteiger partial charge in [-0.2, -0.15) is 0 Å². The largest absolute Gasteiger partial charge is 0.383 e. The highest BCUT2D eigenvalue weighted by molar-refractivity contribution is 7.99. The Labute approximate surface area is 119 Å². The molecular formula is C12H13N5O2S. The molecule has 8 heteroatoms. The first-order valence-corrected chi connectivity index (χ1v) is 6.79. The van der Waals surface area contributed by atoms with Crippen molar-refractivity contribution in [1.29, 1.82) is 0 Å². The lowest BCUT2D eigenvalue weighted by atomic mass is 10.1. The van der Waals surface area contributed by atoms with Crippen LogP contribution in [0, 0.1) is 10.1 Å². The van der Waals surface area contributed by atoms with Gasteiger partial charge in [0.15, 0.2) is 5.16 Å². The van der Waals surface area contributed by atoms with Gasteiger partial charge in [0.25, 0.3) is 5.69 Å². The molecule has 0 saturated carbocycles. The molecule has 0 aliphatic heterocycles. The predicted octanol–water partition coefficient (Wildman–Crippen LogP) is 1.88. The Morgan fingerprint density at radius 2 is 1.75 bits per heavy atom. The summed E-state index contributed by atoms with van der Waals surface area (Å²) in [4.78, 5) is 18.2. The Bertz CT molecular complexity index is 597. The van der Waals surface area contributed by atoms with Crippen LogP contribution in [0.5, 0.6) is 0 Å². The number of non-ortho nitro benzene ring substituents is 1. The lowest BCUT2D eigenvalue weighted by Gasteiger charge is -2.03. The fraction of sp³-hybridized carbons (Fsp3) is 0.167. The Morgan fingerprint density at radius 3 is 2.30 bits per heavy atom. The molecule has 2 rings (SSSR count). The number of hydrogen-bond acceptors (Lipinski definition) is 7. The van der Waals surface area contributed by atoms with E-state index in [2.05, 4.69) is 9.97 Å². The predicted molar refractivity (Wildman–Crippen MR) is 78.4 cm³/mol. The van der Waals surface area contributed by atoms with Crippen molar-refractivity contribution in [2.75, 3.05) is 17.2 Å². The van der Waals surface area contributed by atoms with E-state index in [9.17, 15) is 10.1 Å². The minimum absolute atomic E-state index is 0.0911. The fourth-order valence-corrected chi connectivity index (χ4v) is 2.43.